The van der Waals surface area contributed by atoms with Crippen molar-refractivity contribution in [1.82, 2.24) is 0 Å². The van der Waals surface area contributed by atoms with Crippen LogP contribution in [-0.4, -0.2) is 18.9 Å². The fourth-order valence-corrected chi connectivity index (χ4v) is 3.76. The minimum Gasteiger partial charge on any atom is -0.493 e. The number of rotatable bonds is 9. The minimum atomic E-state index is -1.05. The fourth-order valence-electron chi connectivity index (χ4n) is 3.76. The molecule has 0 unspecified atom stereocenters. The second-order valence-electron chi connectivity index (χ2n) is 8.50. The van der Waals surface area contributed by atoms with Gasteiger partial charge in [-0.2, -0.15) is 0 Å². The van der Waals surface area contributed by atoms with Crippen LogP contribution in [0.4, 0.5) is 0 Å². The number of aryl methyl sites for hydroxylation is 2. The number of Topliss-reactive ketones (excluding diaryl/α,β-unsaturated/α-hetero) is 1. The van der Waals surface area contributed by atoms with Gasteiger partial charge in [0.25, 0.3) is 0 Å². The molecule has 5 heteroatoms. The van der Waals surface area contributed by atoms with Crippen LogP contribution < -0.4 is 9.47 Å². The van der Waals surface area contributed by atoms with Gasteiger partial charge < -0.3 is 14.2 Å². The van der Waals surface area contributed by atoms with Gasteiger partial charge in [-0.15, -0.1) is 0 Å². The fraction of sp³-hybridized carbons (Fsp3) is 0.161. The Morgan fingerprint density at radius 3 is 2.03 bits per heavy atom. The Kier molecular flexibility index (Phi) is 7.81. The van der Waals surface area contributed by atoms with Crippen LogP contribution in [0.5, 0.6) is 11.5 Å². The van der Waals surface area contributed by atoms with Gasteiger partial charge in [-0.1, -0.05) is 66.7 Å². The molecule has 0 aromatic heterocycles. The van der Waals surface area contributed by atoms with Gasteiger partial charge in [0.15, 0.2) is 17.6 Å². The number of hydrogen-bond acceptors (Lipinski definition) is 5. The van der Waals surface area contributed by atoms with E-state index in [0.29, 0.717) is 34.8 Å². The summed E-state index contributed by atoms with van der Waals surface area (Å²) in [4.78, 5) is 26.4. The second kappa shape index (κ2) is 11.4. The van der Waals surface area contributed by atoms with Crippen molar-refractivity contribution in [3.05, 3.63) is 130 Å². The highest BCUT2D eigenvalue weighted by molar-refractivity contribution is 6.02. The lowest BCUT2D eigenvalue weighted by Crippen LogP contribution is -2.20. The monoisotopic (exact) mass is 480 g/mol. The zero-order valence-corrected chi connectivity index (χ0v) is 20.6. The first-order chi connectivity index (χ1) is 17.5. The number of esters is 1. The average molecular weight is 481 g/mol. The van der Waals surface area contributed by atoms with Crippen molar-refractivity contribution in [3.63, 3.8) is 0 Å². The molecule has 0 N–H and O–H groups in total. The largest absolute Gasteiger partial charge is 0.493 e. The van der Waals surface area contributed by atoms with Crippen molar-refractivity contribution in [2.75, 3.05) is 7.11 Å². The lowest BCUT2D eigenvalue weighted by molar-refractivity contribution is 0.0280. The first kappa shape index (κ1) is 24.7. The van der Waals surface area contributed by atoms with Crippen LogP contribution in [-0.2, 0) is 11.3 Å². The number of carbonyl (C=O) groups is 2. The third kappa shape index (κ3) is 5.81. The van der Waals surface area contributed by atoms with E-state index >= 15 is 0 Å². The normalized spacial score (nSPS) is 11.4. The van der Waals surface area contributed by atoms with E-state index in [0.717, 1.165) is 16.7 Å². The summed E-state index contributed by atoms with van der Waals surface area (Å²) >= 11 is 0. The van der Waals surface area contributed by atoms with Crippen molar-refractivity contribution >= 4 is 11.8 Å². The first-order valence-electron chi connectivity index (χ1n) is 11.7. The van der Waals surface area contributed by atoms with Crippen LogP contribution in [0.2, 0.25) is 0 Å². The molecule has 182 valence electrons. The van der Waals surface area contributed by atoms with Crippen molar-refractivity contribution in [2.45, 2.75) is 26.6 Å². The van der Waals surface area contributed by atoms with Gasteiger partial charge in [-0.3, -0.25) is 4.79 Å². The lowest BCUT2D eigenvalue weighted by atomic mass is 9.97. The molecule has 0 saturated carbocycles. The van der Waals surface area contributed by atoms with E-state index in [-0.39, 0.29) is 5.78 Å². The molecule has 0 fully saturated rings. The standard InChI is InChI=1S/C31H28O5/c1-21-13-16-26(19-22(21)2)29(32)30(24-9-5-4-6-10-24)36-31(33)25-17-14-23(15-18-25)20-35-28-12-8-7-11-27(28)34-3/h4-19,30H,20H2,1-3H3/t30-/m0/s1. The molecule has 36 heavy (non-hydrogen) atoms. The smallest absolute Gasteiger partial charge is 0.339 e. The zero-order chi connectivity index (χ0) is 25.5. The number of methoxy groups -OCH3 is 1. The van der Waals surface area contributed by atoms with Crippen molar-refractivity contribution in [3.8, 4) is 11.5 Å². The molecule has 4 aromatic rings. The SMILES string of the molecule is COc1ccccc1OCc1ccc(C(=O)O[C@H](C(=O)c2ccc(C)c(C)c2)c2ccccc2)cc1. The first-order valence-corrected chi connectivity index (χ1v) is 11.7. The molecule has 0 spiro atoms. The number of ether oxygens (including phenoxy) is 3. The summed E-state index contributed by atoms with van der Waals surface area (Å²) in [6.07, 6.45) is -1.05. The number of para-hydroxylation sites is 2. The summed E-state index contributed by atoms with van der Waals surface area (Å²) in [6.45, 7) is 4.26. The topological polar surface area (TPSA) is 61.8 Å². The maximum absolute atomic E-state index is 13.4. The van der Waals surface area contributed by atoms with E-state index in [2.05, 4.69) is 0 Å². The highest BCUT2D eigenvalue weighted by Gasteiger charge is 2.27. The van der Waals surface area contributed by atoms with Crippen molar-refractivity contribution in [2.24, 2.45) is 0 Å². The molecule has 4 aromatic carbocycles. The van der Waals surface area contributed by atoms with Crippen LogP contribution in [0.3, 0.4) is 0 Å². The van der Waals surface area contributed by atoms with Crippen LogP contribution >= 0.6 is 0 Å². The van der Waals surface area contributed by atoms with Crippen LogP contribution in [0, 0.1) is 13.8 Å². The van der Waals surface area contributed by atoms with E-state index < -0.39 is 12.1 Å². The molecular weight excluding hydrogens is 452 g/mol. The lowest BCUT2D eigenvalue weighted by Gasteiger charge is -2.18. The number of ketones is 1. The predicted octanol–water partition coefficient (Wildman–Crippen LogP) is 6.67. The second-order valence-corrected chi connectivity index (χ2v) is 8.50. The molecular formula is C31H28O5. The maximum atomic E-state index is 13.4. The Morgan fingerprint density at radius 1 is 0.722 bits per heavy atom. The van der Waals surface area contributed by atoms with E-state index in [4.69, 9.17) is 14.2 Å². The van der Waals surface area contributed by atoms with E-state index in [1.54, 1.807) is 49.6 Å². The van der Waals surface area contributed by atoms with Gasteiger partial charge in [0.05, 0.1) is 12.7 Å². The zero-order valence-electron chi connectivity index (χ0n) is 20.6. The molecule has 1 atom stereocenters. The maximum Gasteiger partial charge on any atom is 0.339 e. The Labute approximate surface area is 211 Å². The molecule has 0 radical (unpaired) electrons. The highest BCUT2D eigenvalue weighted by Crippen LogP contribution is 2.27. The molecule has 0 amide bonds. The molecule has 0 aliphatic heterocycles. The molecule has 0 bridgehead atoms. The van der Waals surface area contributed by atoms with Gasteiger partial charge in [0.1, 0.15) is 6.61 Å². The van der Waals surface area contributed by atoms with Crippen LogP contribution in [0.25, 0.3) is 0 Å². The molecule has 0 heterocycles. The van der Waals surface area contributed by atoms with Gasteiger partial charge in [-0.25, -0.2) is 4.79 Å². The van der Waals surface area contributed by atoms with Gasteiger partial charge in [0, 0.05) is 11.1 Å². The summed E-state index contributed by atoms with van der Waals surface area (Å²) in [5.74, 6) is 0.454. The molecule has 0 aliphatic carbocycles. The Morgan fingerprint density at radius 2 is 1.36 bits per heavy atom. The summed E-state index contributed by atoms with van der Waals surface area (Å²) in [5.41, 5.74) is 4.45. The third-order valence-corrected chi connectivity index (χ3v) is 6.01. The van der Waals surface area contributed by atoms with Crippen LogP contribution in [0.15, 0.2) is 97.1 Å². The number of carbonyl (C=O) groups excluding carboxylic acids is 2. The average Bonchev–Trinajstić information content (AvgIpc) is 2.92. The Hall–Kier alpha value is -4.38. The van der Waals surface area contributed by atoms with Gasteiger partial charge in [0.2, 0.25) is 5.78 Å². The van der Waals surface area contributed by atoms with E-state index in [9.17, 15) is 9.59 Å². The summed E-state index contributed by atoms with van der Waals surface area (Å²) < 4.78 is 16.9. The van der Waals surface area contributed by atoms with Crippen molar-refractivity contribution in [1.29, 1.82) is 0 Å². The highest BCUT2D eigenvalue weighted by atomic mass is 16.5. The Balaban J connectivity index is 1.49. The molecule has 4 rings (SSSR count). The number of benzene rings is 4. The summed E-state index contributed by atoms with van der Waals surface area (Å²) in [5, 5.41) is 0. The summed E-state index contributed by atoms with van der Waals surface area (Å²) in [6, 6.07) is 28.9. The predicted molar refractivity (Wildman–Crippen MR) is 139 cm³/mol. The van der Waals surface area contributed by atoms with Crippen LogP contribution in [0.1, 0.15) is 49.1 Å². The summed E-state index contributed by atoms with van der Waals surface area (Å²) in [7, 11) is 1.59. The van der Waals surface area contributed by atoms with Gasteiger partial charge >= 0.3 is 5.97 Å². The quantitative estimate of drug-likeness (QED) is 0.198. The number of hydrogen-bond donors (Lipinski definition) is 0. The van der Waals surface area contributed by atoms with E-state index in [1.807, 2.05) is 68.4 Å². The molecule has 5 nitrogen and oxygen atoms in total. The van der Waals surface area contributed by atoms with Gasteiger partial charge in [-0.05, 0) is 60.9 Å². The molecule has 0 saturated heterocycles. The Bertz CT molecular complexity index is 1340. The van der Waals surface area contributed by atoms with E-state index in [1.165, 1.54) is 0 Å². The van der Waals surface area contributed by atoms with Crippen molar-refractivity contribution < 1.29 is 23.8 Å². The minimum absolute atomic E-state index is 0.264. The third-order valence-electron chi connectivity index (χ3n) is 6.01. The molecule has 0 aliphatic rings.